The van der Waals surface area contributed by atoms with Gasteiger partial charge in [-0.2, -0.15) is 0 Å². The van der Waals surface area contributed by atoms with Crippen LogP contribution in [0, 0.1) is 5.92 Å². The molecule has 0 radical (unpaired) electrons. The van der Waals surface area contributed by atoms with Crippen molar-refractivity contribution in [1.29, 1.82) is 0 Å². The van der Waals surface area contributed by atoms with Crippen molar-refractivity contribution in [3.63, 3.8) is 0 Å². The van der Waals surface area contributed by atoms with Gasteiger partial charge in [0.25, 0.3) is 0 Å². The molecule has 1 aromatic heterocycles. The van der Waals surface area contributed by atoms with Crippen LogP contribution in [0.15, 0.2) is 6.20 Å². The fourth-order valence-corrected chi connectivity index (χ4v) is 3.37. The first-order valence-electron chi connectivity index (χ1n) is 6.67. The lowest BCUT2D eigenvalue weighted by atomic mass is 9.93. The van der Waals surface area contributed by atoms with Gasteiger partial charge in [0.15, 0.2) is 5.13 Å². The van der Waals surface area contributed by atoms with Gasteiger partial charge >= 0.3 is 0 Å². The minimum atomic E-state index is 0.110. The molecule has 1 aromatic rings. The van der Waals surface area contributed by atoms with Crippen LogP contribution in [-0.2, 0) is 0 Å². The Bertz CT molecular complexity index is 340. The number of anilines is 1. The predicted octanol–water partition coefficient (Wildman–Crippen LogP) is 3.18. The summed E-state index contributed by atoms with van der Waals surface area (Å²) in [6, 6.07) is 0.110. The highest BCUT2D eigenvalue weighted by molar-refractivity contribution is 7.15. The first kappa shape index (κ1) is 12.8. The third-order valence-electron chi connectivity index (χ3n) is 3.54. The van der Waals surface area contributed by atoms with E-state index in [1.807, 2.05) is 13.1 Å². The Labute approximate surface area is 108 Å². The van der Waals surface area contributed by atoms with E-state index in [0.717, 1.165) is 24.1 Å². The highest BCUT2D eigenvalue weighted by Crippen LogP contribution is 2.30. The van der Waals surface area contributed by atoms with E-state index in [2.05, 4.69) is 16.8 Å². The standard InChI is InChI=1S/C13H23N3S/c1-3-4-11-5-7-16(8-6-11)13-15-9-12(17-13)10(2)14/h9-11H,3-8,14H2,1-2H3. The molecule has 0 amide bonds. The van der Waals surface area contributed by atoms with Gasteiger partial charge in [0, 0.05) is 30.2 Å². The van der Waals surface area contributed by atoms with Crippen LogP contribution in [0.4, 0.5) is 5.13 Å². The molecule has 0 saturated carbocycles. The van der Waals surface area contributed by atoms with E-state index < -0.39 is 0 Å². The van der Waals surface area contributed by atoms with Crippen LogP contribution in [0.5, 0.6) is 0 Å². The van der Waals surface area contributed by atoms with Crippen molar-refractivity contribution >= 4 is 16.5 Å². The first-order valence-corrected chi connectivity index (χ1v) is 7.48. The monoisotopic (exact) mass is 253 g/mol. The Hall–Kier alpha value is -0.610. The molecule has 2 heterocycles. The molecule has 1 saturated heterocycles. The summed E-state index contributed by atoms with van der Waals surface area (Å²) in [5, 5.41) is 1.16. The van der Waals surface area contributed by atoms with Crippen molar-refractivity contribution in [2.75, 3.05) is 18.0 Å². The summed E-state index contributed by atoms with van der Waals surface area (Å²) >= 11 is 1.75. The second-order valence-electron chi connectivity index (χ2n) is 5.05. The fraction of sp³-hybridized carbons (Fsp3) is 0.769. The van der Waals surface area contributed by atoms with Gasteiger partial charge in [-0.25, -0.2) is 4.98 Å². The quantitative estimate of drug-likeness (QED) is 0.896. The van der Waals surface area contributed by atoms with Crippen LogP contribution in [0.3, 0.4) is 0 Å². The average Bonchev–Trinajstić information content (AvgIpc) is 2.80. The van der Waals surface area contributed by atoms with Crippen LogP contribution in [0.25, 0.3) is 0 Å². The molecular weight excluding hydrogens is 230 g/mol. The molecule has 0 spiro atoms. The van der Waals surface area contributed by atoms with Crippen LogP contribution >= 0.6 is 11.3 Å². The zero-order valence-electron chi connectivity index (χ0n) is 10.9. The van der Waals surface area contributed by atoms with E-state index in [0.29, 0.717) is 0 Å². The lowest BCUT2D eigenvalue weighted by Crippen LogP contribution is -2.33. The molecule has 2 rings (SSSR count). The molecule has 0 aliphatic carbocycles. The van der Waals surface area contributed by atoms with Gasteiger partial charge in [-0.15, -0.1) is 11.3 Å². The van der Waals surface area contributed by atoms with Crippen LogP contribution in [-0.4, -0.2) is 18.1 Å². The molecular formula is C13H23N3S. The molecule has 2 N–H and O–H groups in total. The normalized spacial score (nSPS) is 19.6. The van der Waals surface area contributed by atoms with Crippen molar-refractivity contribution in [3.05, 3.63) is 11.1 Å². The highest BCUT2D eigenvalue weighted by Gasteiger charge is 2.20. The summed E-state index contributed by atoms with van der Waals surface area (Å²) in [5.74, 6) is 0.934. The SMILES string of the molecule is CCCC1CCN(c2ncc(C(C)N)s2)CC1. The van der Waals surface area contributed by atoms with E-state index in [-0.39, 0.29) is 6.04 Å². The van der Waals surface area contributed by atoms with Crippen molar-refractivity contribution in [1.82, 2.24) is 4.98 Å². The summed E-state index contributed by atoms with van der Waals surface area (Å²) in [6.45, 7) is 6.63. The summed E-state index contributed by atoms with van der Waals surface area (Å²) in [5.41, 5.74) is 5.87. The number of hydrogen-bond acceptors (Lipinski definition) is 4. The number of piperidine rings is 1. The Kier molecular flexibility index (Phi) is 4.40. The van der Waals surface area contributed by atoms with Crippen molar-refractivity contribution in [3.8, 4) is 0 Å². The number of nitrogens with zero attached hydrogens (tertiary/aromatic N) is 2. The third kappa shape index (κ3) is 3.19. The number of aromatic nitrogens is 1. The first-order chi connectivity index (χ1) is 8.20. The number of hydrogen-bond donors (Lipinski definition) is 1. The second-order valence-corrected chi connectivity index (χ2v) is 6.09. The number of thiazole rings is 1. The van der Waals surface area contributed by atoms with Crippen molar-refractivity contribution < 1.29 is 0 Å². The molecule has 1 atom stereocenters. The zero-order valence-corrected chi connectivity index (χ0v) is 11.7. The number of rotatable bonds is 4. The van der Waals surface area contributed by atoms with Crippen molar-refractivity contribution in [2.45, 2.75) is 45.6 Å². The van der Waals surface area contributed by atoms with E-state index in [4.69, 9.17) is 5.73 Å². The molecule has 1 unspecified atom stereocenters. The van der Waals surface area contributed by atoms with E-state index in [1.165, 1.54) is 30.6 Å². The van der Waals surface area contributed by atoms with Crippen LogP contribution in [0.1, 0.15) is 50.4 Å². The third-order valence-corrected chi connectivity index (χ3v) is 4.80. The van der Waals surface area contributed by atoms with Gasteiger partial charge in [0.2, 0.25) is 0 Å². The molecule has 1 aliphatic rings. The summed E-state index contributed by atoms with van der Waals surface area (Å²) in [6.07, 6.45) is 7.28. The highest BCUT2D eigenvalue weighted by atomic mass is 32.1. The maximum Gasteiger partial charge on any atom is 0.185 e. The molecule has 0 bridgehead atoms. The summed E-state index contributed by atoms with van der Waals surface area (Å²) < 4.78 is 0. The second kappa shape index (κ2) is 5.83. The average molecular weight is 253 g/mol. The summed E-state index contributed by atoms with van der Waals surface area (Å²) in [4.78, 5) is 8.11. The Morgan fingerprint density at radius 3 is 2.76 bits per heavy atom. The minimum absolute atomic E-state index is 0.110. The Morgan fingerprint density at radius 2 is 2.24 bits per heavy atom. The van der Waals surface area contributed by atoms with Crippen LogP contribution < -0.4 is 10.6 Å². The zero-order chi connectivity index (χ0) is 12.3. The Morgan fingerprint density at radius 1 is 1.53 bits per heavy atom. The van der Waals surface area contributed by atoms with Gasteiger partial charge in [-0.3, -0.25) is 0 Å². The van der Waals surface area contributed by atoms with Gasteiger partial charge < -0.3 is 10.6 Å². The smallest absolute Gasteiger partial charge is 0.185 e. The fourth-order valence-electron chi connectivity index (χ4n) is 2.45. The lowest BCUT2D eigenvalue weighted by Gasteiger charge is -2.31. The topological polar surface area (TPSA) is 42.2 Å². The lowest BCUT2D eigenvalue weighted by molar-refractivity contribution is 0.378. The molecule has 17 heavy (non-hydrogen) atoms. The maximum atomic E-state index is 5.87. The molecule has 3 nitrogen and oxygen atoms in total. The predicted molar refractivity (Wildman–Crippen MR) is 74.6 cm³/mol. The molecule has 1 fully saturated rings. The van der Waals surface area contributed by atoms with Gasteiger partial charge in [-0.05, 0) is 25.7 Å². The molecule has 96 valence electrons. The van der Waals surface area contributed by atoms with Crippen LogP contribution in [0.2, 0.25) is 0 Å². The molecule has 1 aliphatic heterocycles. The number of nitrogens with two attached hydrogens (primary N) is 1. The maximum absolute atomic E-state index is 5.87. The van der Waals surface area contributed by atoms with Crippen molar-refractivity contribution in [2.24, 2.45) is 11.7 Å². The van der Waals surface area contributed by atoms with E-state index in [1.54, 1.807) is 11.3 Å². The largest absolute Gasteiger partial charge is 0.348 e. The minimum Gasteiger partial charge on any atom is -0.348 e. The Balaban J connectivity index is 1.91. The molecule has 4 heteroatoms. The van der Waals surface area contributed by atoms with E-state index >= 15 is 0 Å². The van der Waals surface area contributed by atoms with Gasteiger partial charge in [-0.1, -0.05) is 19.8 Å². The van der Waals surface area contributed by atoms with E-state index in [9.17, 15) is 0 Å². The summed E-state index contributed by atoms with van der Waals surface area (Å²) in [7, 11) is 0. The molecule has 0 aromatic carbocycles. The van der Waals surface area contributed by atoms with Gasteiger partial charge in [0.05, 0.1) is 0 Å². The van der Waals surface area contributed by atoms with Gasteiger partial charge in [0.1, 0.15) is 0 Å².